The van der Waals surface area contributed by atoms with Crippen molar-refractivity contribution in [1.29, 1.82) is 0 Å². The molecule has 4 heterocycles. The fraction of sp³-hybridized carbons (Fsp3) is 0.280. The SMILES string of the molecule is O=C(NCCn1nc(-c2ccccc2)ccc1=O)C1CCN(c2cc(-n3ccnc3)ncn2)CC1. The molecule has 5 rings (SSSR count). The van der Waals surface area contributed by atoms with Gasteiger partial charge in [-0.3, -0.25) is 14.2 Å². The summed E-state index contributed by atoms with van der Waals surface area (Å²) in [5.41, 5.74) is 1.48. The van der Waals surface area contributed by atoms with Crippen molar-refractivity contribution in [2.45, 2.75) is 19.4 Å². The first-order chi connectivity index (χ1) is 17.2. The fourth-order valence-electron chi connectivity index (χ4n) is 4.22. The molecule has 178 valence electrons. The lowest BCUT2D eigenvalue weighted by Gasteiger charge is -2.32. The van der Waals surface area contributed by atoms with Crippen LogP contribution in [0.1, 0.15) is 12.8 Å². The van der Waals surface area contributed by atoms with Crippen LogP contribution in [0.15, 0.2) is 78.4 Å². The van der Waals surface area contributed by atoms with Crippen molar-refractivity contribution >= 4 is 11.7 Å². The molecule has 0 aliphatic carbocycles. The molecule has 0 bridgehead atoms. The Bertz CT molecular complexity index is 1330. The molecule has 0 spiro atoms. The van der Waals surface area contributed by atoms with Crippen LogP contribution in [0, 0.1) is 5.92 Å². The summed E-state index contributed by atoms with van der Waals surface area (Å²) in [7, 11) is 0. The molecule has 1 fully saturated rings. The number of rotatable bonds is 7. The Kier molecular flexibility index (Phi) is 6.60. The molecule has 1 saturated heterocycles. The van der Waals surface area contributed by atoms with Crippen LogP contribution in [0.25, 0.3) is 17.1 Å². The largest absolute Gasteiger partial charge is 0.356 e. The van der Waals surface area contributed by atoms with Gasteiger partial charge in [0.2, 0.25) is 5.91 Å². The van der Waals surface area contributed by atoms with Crippen LogP contribution in [0.5, 0.6) is 0 Å². The number of benzene rings is 1. The molecule has 1 aromatic carbocycles. The van der Waals surface area contributed by atoms with Gasteiger partial charge in [0.15, 0.2) is 0 Å². The van der Waals surface area contributed by atoms with E-state index in [1.54, 1.807) is 24.9 Å². The van der Waals surface area contributed by atoms with E-state index in [1.165, 1.54) is 10.7 Å². The highest BCUT2D eigenvalue weighted by molar-refractivity contribution is 5.78. The number of anilines is 1. The second-order valence-corrected chi connectivity index (χ2v) is 8.40. The van der Waals surface area contributed by atoms with Crippen LogP contribution in [-0.2, 0) is 11.3 Å². The third kappa shape index (κ3) is 5.26. The van der Waals surface area contributed by atoms with Crippen LogP contribution in [0.3, 0.4) is 0 Å². The number of nitrogens with one attached hydrogen (secondary N) is 1. The summed E-state index contributed by atoms with van der Waals surface area (Å²) in [6.45, 7) is 2.14. The van der Waals surface area contributed by atoms with Gasteiger partial charge < -0.3 is 10.2 Å². The molecular weight excluding hydrogens is 444 g/mol. The molecule has 10 nitrogen and oxygen atoms in total. The molecule has 4 aromatic rings. The van der Waals surface area contributed by atoms with E-state index in [1.807, 2.05) is 47.2 Å². The molecular formula is C25H26N8O2. The van der Waals surface area contributed by atoms with Crippen molar-refractivity contribution in [1.82, 2.24) is 34.6 Å². The molecule has 35 heavy (non-hydrogen) atoms. The molecule has 10 heteroatoms. The topological polar surface area (TPSA) is 111 Å². The van der Waals surface area contributed by atoms with E-state index >= 15 is 0 Å². The van der Waals surface area contributed by atoms with Crippen LogP contribution >= 0.6 is 0 Å². The zero-order valence-corrected chi connectivity index (χ0v) is 19.2. The highest BCUT2D eigenvalue weighted by Gasteiger charge is 2.25. The predicted molar refractivity (Wildman–Crippen MR) is 131 cm³/mol. The molecule has 1 N–H and O–H groups in total. The van der Waals surface area contributed by atoms with Gasteiger partial charge in [-0.15, -0.1) is 0 Å². The van der Waals surface area contributed by atoms with Crippen LogP contribution < -0.4 is 15.8 Å². The van der Waals surface area contributed by atoms with Gasteiger partial charge in [-0.25, -0.2) is 19.6 Å². The highest BCUT2D eigenvalue weighted by Crippen LogP contribution is 2.23. The van der Waals surface area contributed by atoms with Gasteiger partial charge in [-0.05, 0) is 18.9 Å². The Hall–Kier alpha value is -4.34. The Morgan fingerprint density at radius 1 is 1.03 bits per heavy atom. The van der Waals surface area contributed by atoms with Crippen molar-refractivity contribution in [3.63, 3.8) is 0 Å². The normalized spacial score (nSPS) is 14.1. The number of imidazole rings is 1. The number of amides is 1. The van der Waals surface area contributed by atoms with E-state index < -0.39 is 0 Å². The van der Waals surface area contributed by atoms with Gasteiger partial charge in [0.25, 0.3) is 5.56 Å². The standard InChI is InChI=1S/C25H26N8O2/c34-24-7-6-21(19-4-2-1-3-5-19)30-33(24)15-11-27-25(35)20-8-12-31(13-9-20)22-16-23(29-17-28-22)32-14-10-26-18-32/h1-7,10,14,16-18,20H,8-9,11-13,15H2,(H,27,35). The summed E-state index contributed by atoms with van der Waals surface area (Å²) < 4.78 is 3.24. The van der Waals surface area contributed by atoms with Crippen LogP contribution in [0.2, 0.25) is 0 Å². The summed E-state index contributed by atoms with van der Waals surface area (Å²) in [6, 6.07) is 14.9. The molecule has 0 atom stereocenters. The lowest BCUT2D eigenvalue weighted by atomic mass is 9.96. The van der Waals surface area contributed by atoms with Crippen molar-refractivity contribution in [2.24, 2.45) is 5.92 Å². The lowest BCUT2D eigenvalue weighted by molar-refractivity contribution is -0.125. The lowest BCUT2D eigenvalue weighted by Crippen LogP contribution is -2.42. The summed E-state index contributed by atoms with van der Waals surface area (Å²) in [6.07, 6.45) is 8.26. The van der Waals surface area contributed by atoms with Crippen molar-refractivity contribution in [3.05, 3.63) is 83.9 Å². The second kappa shape index (κ2) is 10.3. The molecule has 1 aliphatic rings. The van der Waals surface area contributed by atoms with Gasteiger partial charge in [-0.2, -0.15) is 5.10 Å². The summed E-state index contributed by atoms with van der Waals surface area (Å²) >= 11 is 0. The molecule has 0 unspecified atom stereocenters. The molecule has 3 aromatic heterocycles. The maximum absolute atomic E-state index is 12.7. The minimum Gasteiger partial charge on any atom is -0.356 e. The number of hydrogen-bond donors (Lipinski definition) is 1. The molecule has 0 saturated carbocycles. The van der Waals surface area contributed by atoms with E-state index in [-0.39, 0.29) is 17.4 Å². The van der Waals surface area contributed by atoms with E-state index in [2.05, 4.69) is 30.3 Å². The summed E-state index contributed by atoms with van der Waals surface area (Å²) in [4.78, 5) is 39.9. The van der Waals surface area contributed by atoms with E-state index in [9.17, 15) is 9.59 Å². The minimum atomic E-state index is -0.188. The van der Waals surface area contributed by atoms with E-state index in [0.29, 0.717) is 13.1 Å². The number of carbonyl (C=O) groups is 1. The fourth-order valence-corrected chi connectivity index (χ4v) is 4.22. The molecule has 1 aliphatic heterocycles. The van der Waals surface area contributed by atoms with Gasteiger partial charge >= 0.3 is 0 Å². The first kappa shape index (κ1) is 22.5. The molecule has 0 radical (unpaired) electrons. The monoisotopic (exact) mass is 470 g/mol. The van der Waals surface area contributed by atoms with Gasteiger partial charge in [-0.1, -0.05) is 30.3 Å². The maximum Gasteiger partial charge on any atom is 0.266 e. The number of nitrogens with zero attached hydrogens (tertiary/aromatic N) is 7. The Balaban J connectivity index is 1.13. The minimum absolute atomic E-state index is 0.0127. The third-order valence-corrected chi connectivity index (χ3v) is 6.16. The first-order valence-corrected chi connectivity index (χ1v) is 11.6. The van der Waals surface area contributed by atoms with E-state index in [0.717, 1.165) is 48.8 Å². The summed E-state index contributed by atoms with van der Waals surface area (Å²) in [5, 5.41) is 7.43. The van der Waals surface area contributed by atoms with Crippen LogP contribution in [0.4, 0.5) is 5.82 Å². The average Bonchev–Trinajstić information content (AvgIpc) is 3.46. The third-order valence-electron chi connectivity index (χ3n) is 6.16. The van der Waals surface area contributed by atoms with Crippen molar-refractivity contribution in [3.8, 4) is 17.1 Å². The highest BCUT2D eigenvalue weighted by atomic mass is 16.2. The average molecular weight is 471 g/mol. The van der Waals surface area contributed by atoms with Gasteiger partial charge in [0, 0.05) is 55.6 Å². The van der Waals surface area contributed by atoms with Crippen molar-refractivity contribution < 1.29 is 4.79 Å². The zero-order valence-electron chi connectivity index (χ0n) is 19.2. The number of carbonyl (C=O) groups excluding carboxylic acids is 1. The predicted octanol–water partition coefficient (Wildman–Crippen LogP) is 1.92. The Morgan fingerprint density at radius 2 is 1.83 bits per heavy atom. The number of aromatic nitrogens is 6. The van der Waals surface area contributed by atoms with Gasteiger partial charge in [0.05, 0.1) is 12.2 Å². The second-order valence-electron chi connectivity index (χ2n) is 8.40. The smallest absolute Gasteiger partial charge is 0.266 e. The number of hydrogen-bond acceptors (Lipinski definition) is 7. The molecule has 1 amide bonds. The zero-order chi connectivity index (χ0) is 24.0. The van der Waals surface area contributed by atoms with Crippen LogP contribution in [-0.4, -0.2) is 54.8 Å². The van der Waals surface area contributed by atoms with Gasteiger partial charge in [0.1, 0.15) is 24.3 Å². The first-order valence-electron chi connectivity index (χ1n) is 11.6. The maximum atomic E-state index is 12.7. The van der Waals surface area contributed by atoms with E-state index in [4.69, 9.17) is 0 Å². The van der Waals surface area contributed by atoms with Crippen molar-refractivity contribution in [2.75, 3.05) is 24.5 Å². The summed E-state index contributed by atoms with van der Waals surface area (Å²) in [5.74, 6) is 1.54. The Morgan fingerprint density at radius 3 is 2.60 bits per heavy atom. The number of piperidine rings is 1. The Labute approximate surface area is 202 Å². The quantitative estimate of drug-likeness (QED) is 0.439.